The van der Waals surface area contributed by atoms with Crippen LogP contribution in [0.3, 0.4) is 0 Å². The van der Waals surface area contributed by atoms with Gasteiger partial charge < -0.3 is 20.1 Å². The van der Waals surface area contributed by atoms with Gasteiger partial charge in [-0.25, -0.2) is 4.79 Å². The molecule has 5 aromatic rings. The maximum absolute atomic E-state index is 12.5. The van der Waals surface area contributed by atoms with Gasteiger partial charge in [0.05, 0.1) is 5.69 Å². The van der Waals surface area contributed by atoms with E-state index in [0.29, 0.717) is 40.0 Å². The van der Waals surface area contributed by atoms with Crippen molar-refractivity contribution in [1.82, 2.24) is 24.8 Å². The lowest BCUT2D eigenvalue weighted by atomic mass is 10.1. The highest BCUT2D eigenvalue weighted by atomic mass is 16.7. The van der Waals surface area contributed by atoms with Gasteiger partial charge in [0.1, 0.15) is 0 Å². The third-order valence-electron chi connectivity index (χ3n) is 5.25. The fourth-order valence-corrected chi connectivity index (χ4v) is 3.65. The Morgan fingerprint density at radius 1 is 0.824 bits per heavy atom. The Morgan fingerprint density at radius 2 is 1.65 bits per heavy atom. The first-order chi connectivity index (χ1) is 16.7. The summed E-state index contributed by atoms with van der Waals surface area (Å²) in [6.07, 6.45) is 3.40. The number of carbonyl (C=O) groups is 1. The molecule has 10 nitrogen and oxygen atoms in total. The van der Waals surface area contributed by atoms with Crippen LogP contribution in [0.25, 0.3) is 28.3 Å². The maximum atomic E-state index is 12.5. The van der Waals surface area contributed by atoms with Crippen LogP contribution in [-0.2, 0) is 0 Å². The molecular weight excluding hydrogens is 434 g/mol. The minimum absolute atomic E-state index is 0.177. The van der Waals surface area contributed by atoms with E-state index in [4.69, 9.17) is 14.6 Å². The third kappa shape index (κ3) is 3.73. The van der Waals surface area contributed by atoms with Gasteiger partial charge in [0.15, 0.2) is 23.0 Å². The number of urea groups is 1. The van der Waals surface area contributed by atoms with Crippen molar-refractivity contribution in [3.63, 3.8) is 0 Å². The molecule has 2 amide bonds. The van der Waals surface area contributed by atoms with E-state index in [2.05, 4.69) is 25.8 Å². The second-order valence-corrected chi connectivity index (χ2v) is 7.48. The highest BCUT2D eigenvalue weighted by Gasteiger charge is 2.15. The van der Waals surface area contributed by atoms with E-state index < -0.39 is 0 Å². The molecule has 0 saturated heterocycles. The van der Waals surface area contributed by atoms with Gasteiger partial charge in [0.25, 0.3) is 0 Å². The number of amides is 2. The van der Waals surface area contributed by atoms with Crippen molar-refractivity contribution in [3.05, 3.63) is 79.1 Å². The minimum atomic E-state index is -0.377. The fourth-order valence-electron chi connectivity index (χ4n) is 3.65. The van der Waals surface area contributed by atoms with Crippen LogP contribution >= 0.6 is 0 Å². The van der Waals surface area contributed by atoms with Crippen LogP contribution in [0.15, 0.2) is 79.1 Å². The Bertz CT molecular complexity index is 1520. The van der Waals surface area contributed by atoms with Crippen LogP contribution in [0.4, 0.5) is 16.2 Å². The second kappa shape index (κ2) is 8.17. The number of hydrogen-bond donors (Lipinski definition) is 2. The summed E-state index contributed by atoms with van der Waals surface area (Å²) in [5.74, 6) is 1.88. The Balaban J connectivity index is 1.24. The molecule has 3 aromatic heterocycles. The Kier molecular flexibility index (Phi) is 4.73. The SMILES string of the molecule is O=C(Nc1cccc(-c2ccc3nnc(-c4ccncc4)n3n2)c1)Nc1ccc2c(c1)OCO2. The number of rotatable bonds is 4. The van der Waals surface area contributed by atoms with Gasteiger partial charge >= 0.3 is 6.03 Å². The van der Waals surface area contributed by atoms with Gasteiger partial charge in [0, 0.05) is 41.0 Å². The number of hydrogen-bond acceptors (Lipinski definition) is 7. The van der Waals surface area contributed by atoms with Crippen molar-refractivity contribution >= 4 is 23.1 Å². The number of nitrogens with one attached hydrogen (secondary N) is 2. The lowest BCUT2D eigenvalue weighted by Crippen LogP contribution is -2.19. The zero-order valence-electron chi connectivity index (χ0n) is 17.7. The smallest absolute Gasteiger partial charge is 0.323 e. The summed E-state index contributed by atoms with van der Waals surface area (Å²) in [6, 6.07) is 19.7. The van der Waals surface area contributed by atoms with Crippen LogP contribution in [0.5, 0.6) is 11.5 Å². The largest absolute Gasteiger partial charge is 0.454 e. The van der Waals surface area contributed by atoms with Crippen LogP contribution in [0.1, 0.15) is 0 Å². The molecule has 2 N–H and O–H groups in total. The molecule has 0 fully saturated rings. The summed E-state index contributed by atoms with van der Waals surface area (Å²) in [5.41, 5.74) is 4.26. The summed E-state index contributed by atoms with van der Waals surface area (Å²) in [4.78, 5) is 16.6. The number of carbonyl (C=O) groups excluding carboxylic acids is 1. The molecule has 0 saturated carbocycles. The van der Waals surface area contributed by atoms with E-state index >= 15 is 0 Å². The molecule has 2 aromatic carbocycles. The number of benzene rings is 2. The quantitative estimate of drug-likeness (QED) is 0.420. The van der Waals surface area contributed by atoms with Crippen molar-refractivity contribution in [2.75, 3.05) is 17.4 Å². The lowest BCUT2D eigenvalue weighted by molar-refractivity contribution is 0.174. The first kappa shape index (κ1) is 19.7. The third-order valence-corrected chi connectivity index (χ3v) is 5.25. The second-order valence-electron chi connectivity index (χ2n) is 7.48. The van der Waals surface area contributed by atoms with Gasteiger partial charge in [-0.2, -0.15) is 9.61 Å². The lowest BCUT2D eigenvalue weighted by Gasteiger charge is -2.10. The molecule has 0 unspecified atom stereocenters. The van der Waals surface area contributed by atoms with E-state index in [-0.39, 0.29) is 12.8 Å². The van der Waals surface area contributed by atoms with E-state index in [9.17, 15) is 4.79 Å². The first-order valence-corrected chi connectivity index (χ1v) is 10.4. The molecule has 34 heavy (non-hydrogen) atoms. The molecule has 6 rings (SSSR count). The van der Waals surface area contributed by atoms with Crippen LogP contribution in [0.2, 0.25) is 0 Å². The predicted molar refractivity (Wildman–Crippen MR) is 125 cm³/mol. The number of fused-ring (bicyclic) bond motifs is 2. The number of pyridine rings is 1. The van der Waals surface area contributed by atoms with Crippen LogP contribution in [0, 0.1) is 0 Å². The highest BCUT2D eigenvalue weighted by Crippen LogP contribution is 2.34. The van der Waals surface area contributed by atoms with Gasteiger partial charge in [0.2, 0.25) is 6.79 Å². The van der Waals surface area contributed by atoms with Crippen molar-refractivity contribution in [3.8, 4) is 34.1 Å². The normalized spacial score (nSPS) is 12.0. The van der Waals surface area contributed by atoms with Crippen LogP contribution in [-0.4, -0.2) is 37.6 Å². The minimum Gasteiger partial charge on any atom is -0.454 e. The number of anilines is 2. The van der Waals surface area contributed by atoms with Crippen molar-refractivity contribution in [2.24, 2.45) is 0 Å². The van der Waals surface area contributed by atoms with Gasteiger partial charge in [-0.05, 0) is 48.5 Å². The molecular formula is C24H17N7O3. The predicted octanol–water partition coefficient (Wildman–Crippen LogP) is 4.23. The Hall–Kier alpha value is -4.99. The monoisotopic (exact) mass is 451 g/mol. The summed E-state index contributed by atoms with van der Waals surface area (Å²) in [5, 5.41) is 18.8. The average Bonchev–Trinajstić information content (AvgIpc) is 3.51. The number of aromatic nitrogens is 5. The molecule has 0 aliphatic carbocycles. The van der Waals surface area contributed by atoms with Gasteiger partial charge in [-0.3, -0.25) is 4.98 Å². The molecule has 0 radical (unpaired) electrons. The van der Waals surface area contributed by atoms with E-state index in [1.807, 2.05) is 48.5 Å². The fraction of sp³-hybridized carbons (Fsp3) is 0.0417. The molecule has 1 aliphatic heterocycles. The number of nitrogens with zero attached hydrogens (tertiary/aromatic N) is 5. The van der Waals surface area contributed by atoms with Crippen LogP contribution < -0.4 is 20.1 Å². The van der Waals surface area contributed by atoms with Crippen molar-refractivity contribution in [2.45, 2.75) is 0 Å². The Morgan fingerprint density at radius 3 is 2.53 bits per heavy atom. The molecule has 10 heteroatoms. The summed E-state index contributed by atoms with van der Waals surface area (Å²) < 4.78 is 12.3. The van der Waals surface area contributed by atoms with Gasteiger partial charge in [-0.1, -0.05) is 12.1 Å². The standard InChI is InChI=1S/C24H17N7O3/c32-24(27-18-4-6-20-21(13-18)34-14-33-20)26-17-3-1-2-16(12-17)19-5-7-22-28-29-23(31(22)30-19)15-8-10-25-11-9-15/h1-13H,14H2,(H2,26,27,32). The number of ether oxygens (including phenoxy) is 2. The summed E-state index contributed by atoms with van der Waals surface area (Å²) in [6.45, 7) is 0.177. The average molecular weight is 451 g/mol. The highest BCUT2D eigenvalue weighted by molar-refractivity contribution is 6.00. The van der Waals surface area contributed by atoms with Crippen molar-refractivity contribution in [1.29, 1.82) is 0 Å². The van der Waals surface area contributed by atoms with E-state index in [0.717, 1.165) is 11.1 Å². The molecule has 0 bridgehead atoms. The van der Waals surface area contributed by atoms with Crippen molar-refractivity contribution < 1.29 is 14.3 Å². The molecule has 0 atom stereocenters. The molecule has 4 heterocycles. The van der Waals surface area contributed by atoms with E-state index in [1.54, 1.807) is 35.1 Å². The summed E-state index contributed by atoms with van der Waals surface area (Å²) in [7, 11) is 0. The van der Waals surface area contributed by atoms with Gasteiger partial charge in [-0.15, -0.1) is 10.2 Å². The molecule has 0 spiro atoms. The zero-order chi connectivity index (χ0) is 22.9. The topological polar surface area (TPSA) is 116 Å². The Labute approximate surface area is 193 Å². The first-order valence-electron chi connectivity index (χ1n) is 10.4. The molecule has 1 aliphatic rings. The summed E-state index contributed by atoms with van der Waals surface area (Å²) >= 11 is 0. The van der Waals surface area contributed by atoms with E-state index in [1.165, 1.54) is 0 Å². The zero-order valence-corrected chi connectivity index (χ0v) is 17.7. The maximum Gasteiger partial charge on any atom is 0.323 e. The molecule has 166 valence electrons.